The highest BCUT2D eigenvalue weighted by Crippen LogP contribution is 2.36. The minimum Gasteiger partial charge on any atom is -0.466 e. The fraction of sp³-hybridized carbons (Fsp3) is 0.318. The molecule has 0 radical (unpaired) electrons. The molecule has 0 spiro atoms. The fourth-order valence-electron chi connectivity index (χ4n) is 3.71. The van der Waals surface area contributed by atoms with Gasteiger partial charge in [0.25, 0.3) is 0 Å². The number of aromatic nitrogens is 1. The lowest BCUT2D eigenvalue weighted by atomic mass is 9.95. The Morgan fingerprint density at radius 3 is 2.67 bits per heavy atom. The van der Waals surface area contributed by atoms with Crippen LogP contribution in [0.3, 0.4) is 0 Å². The summed E-state index contributed by atoms with van der Waals surface area (Å²) in [5, 5.41) is 3.01. The first kappa shape index (κ1) is 23.4. The van der Waals surface area contributed by atoms with Gasteiger partial charge in [0.2, 0.25) is 0 Å². The molecule has 0 unspecified atom stereocenters. The predicted molar refractivity (Wildman–Crippen MR) is 117 cm³/mol. The third-order valence-corrected chi connectivity index (χ3v) is 5.99. The normalized spacial score (nSPS) is 19.2. The summed E-state index contributed by atoms with van der Waals surface area (Å²) in [6, 6.07) is 3.73. The standard InChI is InChI=1S/C22H20BrF3N4O3/c1-32-22(31)18-17(11-30-4-6-33-7-5-30)28-21(20-16(26)9-13(25)10-27-20)29-19(18)14-3-2-12(24)8-15(14)23/h2-3,8-10,19H,4-7,11H2,1H3,(H,28,29)/t19-/m0/s1. The molecule has 1 N–H and O–H groups in total. The van der Waals surface area contributed by atoms with E-state index in [0.29, 0.717) is 54.6 Å². The molecule has 1 fully saturated rings. The van der Waals surface area contributed by atoms with Crippen LogP contribution in [0, 0.1) is 17.5 Å². The smallest absolute Gasteiger partial charge is 0.338 e. The first-order chi connectivity index (χ1) is 15.9. The number of morpholine rings is 1. The quantitative estimate of drug-likeness (QED) is 0.605. The Bertz CT molecular complexity index is 1140. The zero-order valence-corrected chi connectivity index (χ0v) is 19.2. The summed E-state index contributed by atoms with van der Waals surface area (Å²) in [6.07, 6.45) is 0.882. The van der Waals surface area contributed by atoms with Gasteiger partial charge in [0.05, 0.1) is 32.1 Å². The van der Waals surface area contributed by atoms with Crippen molar-refractivity contribution in [2.75, 3.05) is 40.0 Å². The monoisotopic (exact) mass is 524 g/mol. The minimum atomic E-state index is -0.953. The van der Waals surface area contributed by atoms with Crippen molar-refractivity contribution in [3.8, 4) is 0 Å². The Morgan fingerprint density at radius 2 is 2.00 bits per heavy atom. The Morgan fingerprint density at radius 1 is 1.24 bits per heavy atom. The van der Waals surface area contributed by atoms with Gasteiger partial charge >= 0.3 is 5.97 Å². The third kappa shape index (κ3) is 5.10. The Balaban J connectivity index is 1.85. The van der Waals surface area contributed by atoms with Gasteiger partial charge in [-0.3, -0.25) is 9.89 Å². The van der Waals surface area contributed by atoms with E-state index in [2.05, 4.69) is 36.1 Å². The van der Waals surface area contributed by atoms with E-state index in [4.69, 9.17) is 9.47 Å². The van der Waals surface area contributed by atoms with Gasteiger partial charge in [-0.15, -0.1) is 0 Å². The number of ether oxygens (including phenoxy) is 2. The predicted octanol–water partition coefficient (Wildman–Crippen LogP) is 3.11. The van der Waals surface area contributed by atoms with Crippen LogP contribution in [0.5, 0.6) is 0 Å². The van der Waals surface area contributed by atoms with E-state index >= 15 is 0 Å². The van der Waals surface area contributed by atoms with Gasteiger partial charge in [0.15, 0.2) is 11.7 Å². The molecule has 7 nitrogen and oxygen atoms in total. The number of amidine groups is 1. The number of carbonyl (C=O) groups excluding carboxylic acids is 1. The molecule has 2 aliphatic rings. The SMILES string of the molecule is COC(=O)C1=C(CN2CCOCC2)NC(c2ncc(F)cc2F)=N[C@H]1c1ccc(F)cc1Br. The van der Waals surface area contributed by atoms with Crippen molar-refractivity contribution in [1.82, 2.24) is 15.2 Å². The number of esters is 1. The highest BCUT2D eigenvalue weighted by atomic mass is 79.9. The number of nitrogens with one attached hydrogen (secondary N) is 1. The van der Waals surface area contributed by atoms with E-state index in [9.17, 15) is 18.0 Å². The van der Waals surface area contributed by atoms with Crippen LogP contribution in [0.15, 0.2) is 51.2 Å². The molecule has 174 valence electrons. The topological polar surface area (TPSA) is 76.0 Å². The van der Waals surface area contributed by atoms with E-state index < -0.39 is 29.5 Å². The van der Waals surface area contributed by atoms with Crippen LogP contribution < -0.4 is 5.32 Å². The number of pyridine rings is 1. The van der Waals surface area contributed by atoms with Gasteiger partial charge in [0.1, 0.15) is 23.4 Å². The van der Waals surface area contributed by atoms with Crippen LogP contribution in [0.1, 0.15) is 17.3 Å². The molecule has 0 saturated carbocycles. The van der Waals surface area contributed by atoms with Crippen molar-refractivity contribution in [2.24, 2.45) is 4.99 Å². The van der Waals surface area contributed by atoms with Gasteiger partial charge in [-0.1, -0.05) is 22.0 Å². The highest BCUT2D eigenvalue weighted by molar-refractivity contribution is 9.10. The molecule has 1 aromatic carbocycles. The lowest BCUT2D eigenvalue weighted by molar-refractivity contribution is -0.136. The summed E-state index contributed by atoms with van der Waals surface area (Å²) < 4.78 is 52.6. The minimum absolute atomic E-state index is 0.0182. The molecular formula is C22H20BrF3N4O3. The number of aliphatic imine (C=N–C) groups is 1. The van der Waals surface area contributed by atoms with Crippen LogP contribution in [-0.2, 0) is 14.3 Å². The molecule has 1 saturated heterocycles. The molecule has 0 amide bonds. The average molecular weight is 525 g/mol. The lowest BCUT2D eigenvalue weighted by Crippen LogP contribution is -2.43. The van der Waals surface area contributed by atoms with Crippen LogP contribution in [0.2, 0.25) is 0 Å². The summed E-state index contributed by atoms with van der Waals surface area (Å²) in [5.74, 6) is -2.84. The molecule has 4 rings (SSSR count). The molecule has 2 aromatic rings. The largest absolute Gasteiger partial charge is 0.466 e. The maximum absolute atomic E-state index is 14.6. The van der Waals surface area contributed by atoms with Crippen molar-refractivity contribution in [3.63, 3.8) is 0 Å². The maximum atomic E-state index is 14.6. The lowest BCUT2D eigenvalue weighted by Gasteiger charge is -2.32. The molecule has 2 aliphatic heterocycles. The number of methoxy groups -OCH3 is 1. The zero-order chi connectivity index (χ0) is 23.5. The number of hydrogen-bond acceptors (Lipinski definition) is 7. The second kappa shape index (κ2) is 10.0. The van der Waals surface area contributed by atoms with Gasteiger partial charge < -0.3 is 14.8 Å². The molecule has 0 aliphatic carbocycles. The number of benzene rings is 1. The van der Waals surface area contributed by atoms with E-state index in [1.54, 1.807) is 0 Å². The fourth-order valence-corrected chi connectivity index (χ4v) is 4.28. The second-order valence-electron chi connectivity index (χ2n) is 7.43. The summed E-state index contributed by atoms with van der Waals surface area (Å²) in [5.41, 5.74) is 0.892. The Kier molecular flexibility index (Phi) is 7.11. The first-order valence-electron chi connectivity index (χ1n) is 10.1. The van der Waals surface area contributed by atoms with Crippen molar-refractivity contribution in [3.05, 3.63) is 74.9 Å². The number of nitrogens with zero attached hydrogens (tertiary/aromatic N) is 3. The number of carbonyl (C=O) groups is 1. The third-order valence-electron chi connectivity index (χ3n) is 5.31. The van der Waals surface area contributed by atoms with Gasteiger partial charge in [0, 0.05) is 35.9 Å². The maximum Gasteiger partial charge on any atom is 0.338 e. The van der Waals surface area contributed by atoms with Crippen molar-refractivity contribution in [1.29, 1.82) is 0 Å². The Hall–Kier alpha value is -2.76. The van der Waals surface area contributed by atoms with E-state index in [1.807, 2.05) is 0 Å². The second-order valence-corrected chi connectivity index (χ2v) is 8.28. The van der Waals surface area contributed by atoms with E-state index in [0.717, 1.165) is 6.20 Å². The molecule has 33 heavy (non-hydrogen) atoms. The molecule has 0 bridgehead atoms. The Labute approximate surface area is 196 Å². The van der Waals surface area contributed by atoms with Crippen molar-refractivity contribution in [2.45, 2.75) is 6.04 Å². The molecule has 1 aromatic heterocycles. The van der Waals surface area contributed by atoms with Crippen LogP contribution in [-0.4, -0.2) is 61.6 Å². The molecule has 1 atom stereocenters. The zero-order valence-electron chi connectivity index (χ0n) is 17.6. The number of rotatable bonds is 5. The highest BCUT2D eigenvalue weighted by Gasteiger charge is 2.35. The molecule has 11 heteroatoms. The van der Waals surface area contributed by atoms with Gasteiger partial charge in [-0.25, -0.2) is 22.9 Å². The van der Waals surface area contributed by atoms with Crippen molar-refractivity contribution < 1.29 is 27.4 Å². The summed E-state index contributed by atoms with van der Waals surface area (Å²) >= 11 is 3.33. The molecule has 3 heterocycles. The number of halogens is 4. The van der Waals surface area contributed by atoms with E-state index in [-0.39, 0.29) is 17.1 Å². The summed E-state index contributed by atoms with van der Waals surface area (Å²) in [7, 11) is 1.25. The average Bonchev–Trinajstić information content (AvgIpc) is 2.79. The number of hydrogen-bond donors (Lipinski definition) is 1. The van der Waals surface area contributed by atoms with Crippen LogP contribution in [0.25, 0.3) is 0 Å². The van der Waals surface area contributed by atoms with E-state index in [1.165, 1.54) is 25.3 Å². The first-order valence-corrected chi connectivity index (χ1v) is 10.9. The summed E-state index contributed by atoms with van der Waals surface area (Å²) in [4.78, 5) is 23.3. The van der Waals surface area contributed by atoms with Crippen LogP contribution in [0.4, 0.5) is 13.2 Å². The molecular weight excluding hydrogens is 505 g/mol. The van der Waals surface area contributed by atoms with Gasteiger partial charge in [-0.2, -0.15) is 0 Å². The summed E-state index contributed by atoms with van der Waals surface area (Å²) in [6.45, 7) is 2.61. The van der Waals surface area contributed by atoms with Crippen LogP contribution >= 0.6 is 15.9 Å². The van der Waals surface area contributed by atoms with Gasteiger partial charge in [-0.05, 0) is 17.7 Å². The van der Waals surface area contributed by atoms with Crippen molar-refractivity contribution >= 4 is 27.7 Å².